The fourth-order valence-corrected chi connectivity index (χ4v) is 3.78. The van der Waals surface area contributed by atoms with Crippen molar-refractivity contribution in [1.29, 1.82) is 0 Å². The van der Waals surface area contributed by atoms with Gasteiger partial charge in [-0.2, -0.15) is 13.2 Å². The maximum Gasteiger partial charge on any atom is 0.503 e. The molecule has 1 heterocycles. The van der Waals surface area contributed by atoms with E-state index in [4.69, 9.17) is 15.0 Å². The predicted octanol–water partition coefficient (Wildman–Crippen LogP) is 6.34. The largest absolute Gasteiger partial charge is 0.503 e. The SMILES string of the molecule is CC1(C)CC(c2cccc(NC3CC3)c2)Nc2ccc(C(F)(F)F)cc21.O=C(O)O. The van der Waals surface area contributed by atoms with Crippen molar-refractivity contribution in [1.82, 2.24) is 0 Å². The first-order valence-corrected chi connectivity index (χ1v) is 9.72. The van der Waals surface area contributed by atoms with Crippen LogP contribution in [0.25, 0.3) is 0 Å². The monoisotopic (exact) mass is 422 g/mol. The van der Waals surface area contributed by atoms with Gasteiger partial charge in [0.05, 0.1) is 11.6 Å². The standard InChI is InChI=1S/C21H23F3N2.CH2O3/c1-20(2)12-19(13-4-3-5-16(10-13)25-15-7-8-15)26-18-9-6-14(11-17(18)20)21(22,23)24;2-1(3)4/h3-6,9-11,15,19,25-26H,7-8,12H2,1-2H3;(H2,2,3,4). The van der Waals surface area contributed by atoms with E-state index in [2.05, 4.69) is 28.8 Å². The molecule has 1 unspecified atom stereocenters. The van der Waals surface area contributed by atoms with Crippen LogP contribution < -0.4 is 10.6 Å². The fraction of sp³-hybridized carbons (Fsp3) is 0.409. The molecule has 0 bridgehead atoms. The van der Waals surface area contributed by atoms with Gasteiger partial charge in [-0.3, -0.25) is 0 Å². The van der Waals surface area contributed by atoms with Gasteiger partial charge in [-0.1, -0.05) is 26.0 Å². The highest BCUT2D eigenvalue weighted by Crippen LogP contribution is 2.46. The van der Waals surface area contributed by atoms with E-state index in [-0.39, 0.29) is 11.5 Å². The highest BCUT2D eigenvalue weighted by molar-refractivity contribution is 5.61. The van der Waals surface area contributed by atoms with Gasteiger partial charge in [0.25, 0.3) is 0 Å². The molecule has 2 aliphatic rings. The molecule has 30 heavy (non-hydrogen) atoms. The van der Waals surface area contributed by atoms with Gasteiger partial charge in [-0.25, -0.2) is 4.79 Å². The van der Waals surface area contributed by atoms with Gasteiger partial charge in [-0.05, 0) is 66.1 Å². The molecular formula is C22H25F3N2O3. The molecular weight excluding hydrogens is 397 g/mol. The van der Waals surface area contributed by atoms with Crippen molar-refractivity contribution in [3.63, 3.8) is 0 Å². The molecule has 0 saturated heterocycles. The highest BCUT2D eigenvalue weighted by atomic mass is 19.4. The number of rotatable bonds is 3. The molecule has 1 aliphatic heterocycles. The Morgan fingerprint density at radius 2 is 1.80 bits per heavy atom. The number of benzene rings is 2. The Bertz CT molecular complexity index is 920. The van der Waals surface area contributed by atoms with Crippen LogP contribution in [0.3, 0.4) is 0 Å². The van der Waals surface area contributed by atoms with Crippen LogP contribution in [0.1, 0.15) is 55.8 Å². The van der Waals surface area contributed by atoms with Crippen molar-refractivity contribution < 1.29 is 28.2 Å². The second-order valence-corrected chi connectivity index (χ2v) is 8.37. The van der Waals surface area contributed by atoms with Gasteiger partial charge in [-0.15, -0.1) is 0 Å². The number of carboxylic acid groups (broad SMARTS) is 2. The summed E-state index contributed by atoms with van der Waals surface area (Å²) in [7, 11) is 0. The molecule has 0 radical (unpaired) electrons. The topological polar surface area (TPSA) is 81.6 Å². The molecule has 1 saturated carbocycles. The molecule has 1 aliphatic carbocycles. The van der Waals surface area contributed by atoms with Crippen LogP contribution in [0.4, 0.5) is 29.3 Å². The Labute approximate surface area is 172 Å². The summed E-state index contributed by atoms with van der Waals surface area (Å²) in [6, 6.07) is 13.0. The van der Waals surface area contributed by atoms with Crippen LogP contribution in [-0.4, -0.2) is 22.4 Å². The number of carbonyl (C=O) groups is 1. The third-order valence-electron chi connectivity index (χ3n) is 5.36. The number of hydrogen-bond donors (Lipinski definition) is 4. The van der Waals surface area contributed by atoms with Crippen molar-refractivity contribution in [2.24, 2.45) is 0 Å². The lowest BCUT2D eigenvalue weighted by Crippen LogP contribution is -2.31. The second-order valence-electron chi connectivity index (χ2n) is 8.37. The van der Waals surface area contributed by atoms with Gasteiger partial charge < -0.3 is 20.8 Å². The van der Waals surface area contributed by atoms with E-state index in [0.717, 1.165) is 35.0 Å². The molecule has 0 spiro atoms. The summed E-state index contributed by atoms with van der Waals surface area (Å²) >= 11 is 0. The first-order valence-electron chi connectivity index (χ1n) is 9.72. The van der Waals surface area contributed by atoms with E-state index in [1.165, 1.54) is 18.9 Å². The Morgan fingerprint density at radius 1 is 1.13 bits per heavy atom. The molecule has 0 aromatic heterocycles. The van der Waals surface area contributed by atoms with Crippen molar-refractivity contribution in [2.45, 2.75) is 56.8 Å². The Hall–Kier alpha value is -2.90. The number of hydrogen-bond acceptors (Lipinski definition) is 3. The number of halogens is 3. The zero-order chi connectivity index (χ0) is 22.1. The Kier molecular flexibility index (Phi) is 5.87. The van der Waals surface area contributed by atoms with Crippen molar-refractivity contribution in [3.8, 4) is 0 Å². The number of nitrogens with one attached hydrogen (secondary N) is 2. The van der Waals surface area contributed by atoms with E-state index >= 15 is 0 Å². The van der Waals surface area contributed by atoms with E-state index in [9.17, 15) is 13.2 Å². The molecule has 8 heteroatoms. The van der Waals surface area contributed by atoms with Crippen LogP contribution >= 0.6 is 0 Å². The first-order chi connectivity index (χ1) is 14.0. The molecule has 0 amide bonds. The maximum absolute atomic E-state index is 13.1. The molecule has 2 aromatic rings. The average molecular weight is 422 g/mol. The van der Waals surface area contributed by atoms with Gasteiger partial charge in [0.1, 0.15) is 0 Å². The lowest BCUT2D eigenvalue weighted by atomic mass is 9.73. The summed E-state index contributed by atoms with van der Waals surface area (Å²) in [5.74, 6) is 0. The molecule has 1 atom stereocenters. The van der Waals surface area contributed by atoms with Crippen LogP contribution in [0.2, 0.25) is 0 Å². The maximum atomic E-state index is 13.1. The van der Waals surface area contributed by atoms with Crippen molar-refractivity contribution >= 4 is 17.5 Å². The molecule has 2 aromatic carbocycles. The summed E-state index contributed by atoms with van der Waals surface area (Å²) < 4.78 is 39.2. The normalized spacial score (nSPS) is 19.6. The van der Waals surface area contributed by atoms with Gasteiger partial charge >= 0.3 is 12.3 Å². The lowest BCUT2D eigenvalue weighted by molar-refractivity contribution is -0.137. The van der Waals surface area contributed by atoms with Gasteiger partial charge in [0.15, 0.2) is 0 Å². The summed E-state index contributed by atoms with van der Waals surface area (Å²) in [5.41, 5.74) is 2.87. The number of fused-ring (bicyclic) bond motifs is 1. The number of anilines is 2. The predicted molar refractivity (Wildman–Crippen MR) is 109 cm³/mol. The van der Waals surface area contributed by atoms with Crippen LogP contribution in [-0.2, 0) is 11.6 Å². The minimum atomic E-state index is -4.31. The van der Waals surface area contributed by atoms with Crippen LogP contribution in [0.15, 0.2) is 42.5 Å². The highest BCUT2D eigenvalue weighted by Gasteiger charge is 2.37. The summed E-state index contributed by atoms with van der Waals surface area (Å²) in [6.45, 7) is 4.04. The van der Waals surface area contributed by atoms with E-state index in [0.29, 0.717) is 6.04 Å². The molecule has 5 nitrogen and oxygen atoms in total. The third kappa shape index (κ3) is 5.37. The number of alkyl halides is 3. The van der Waals surface area contributed by atoms with Gasteiger partial charge in [0, 0.05) is 17.4 Å². The Balaban J connectivity index is 0.000000589. The second kappa shape index (κ2) is 8.08. The minimum absolute atomic E-state index is 0.0789. The average Bonchev–Trinajstić information content (AvgIpc) is 3.44. The quantitative estimate of drug-likeness (QED) is 0.464. The molecule has 4 N–H and O–H groups in total. The smallest absolute Gasteiger partial charge is 0.450 e. The summed E-state index contributed by atoms with van der Waals surface area (Å²) in [5, 5.41) is 20.9. The molecule has 4 rings (SSSR count). The van der Waals surface area contributed by atoms with E-state index < -0.39 is 17.9 Å². The van der Waals surface area contributed by atoms with E-state index in [1.54, 1.807) is 6.07 Å². The van der Waals surface area contributed by atoms with Crippen LogP contribution in [0.5, 0.6) is 0 Å². The molecule has 162 valence electrons. The lowest BCUT2D eigenvalue weighted by Gasteiger charge is -2.39. The summed E-state index contributed by atoms with van der Waals surface area (Å²) in [4.78, 5) is 8.56. The van der Waals surface area contributed by atoms with Crippen molar-refractivity contribution in [2.75, 3.05) is 10.6 Å². The fourth-order valence-electron chi connectivity index (χ4n) is 3.78. The third-order valence-corrected chi connectivity index (χ3v) is 5.36. The minimum Gasteiger partial charge on any atom is -0.450 e. The van der Waals surface area contributed by atoms with E-state index in [1.807, 2.05) is 19.9 Å². The van der Waals surface area contributed by atoms with Crippen LogP contribution in [0, 0.1) is 0 Å². The van der Waals surface area contributed by atoms with Gasteiger partial charge in [0.2, 0.25) is 0 Å². The van der Waals surface area contributed by atoms with Crippen molar-refractivity contribution in [3.05, 3.63) is 59.2 Å². The Morgan fingerprint density at radius 3 is 2.40 bits per heavy atom. The first kappa shape index (κ1) is 21.8. The molecule has 1 fully saturated rings. The zero-order valence-electron chi connectivity index (χ0n) is 16.8. The summed E-state index contributed by atoms with van der Waals surface area (Å²) in [6.07, 6.45) is -2.97. The zero-order valence-corrected chi connectivity index (χ0v) is 16.8.